The number of carbonyl (C=O) groups is 2. The Labute approximate surface area is 113 Å². The van der Waals surface area contributed by atoms with E-state index in [0.717, 1.165) is 5.56 Å². The molecule has 1 aliphatic heterocycles. The highest BCUT2D eigenvalue weighted by molar-refractivity contribution is 5.97. The van der Waals surface area contributed by atoms with Gasteiger partial charge in [0.15, 0.2) is 0 Å². The molecule has 0 aromatic heterocycles. The van der Waals surface area contributed by atoms with Crippen LogP contribution in [0.3, 0.4) is 0 Å². The van der Waals surface area contributed by atoms with Gasteiger partial charge in [0.25, 0.3) is 0 Å². The Morgan fingerprint density at radius 2 is 1.74 bits per heavy atom. The van der Waals surface area contributed by atoms with E-state index in [2.05, 4.69) is 5.32 Å². The third kappa shape index (κ3) is 3.20. The molecule has 1 aromatic carbocycles. The number of nitrogens with zero attached hydrogens (tertiary/aromatic N) is 1. The second-order valence-corrected chi connectivity index (χ2v) is 5.00. The fraction of sp³-hybridized carbons (Fsp3) is 0.467. The number of aryl methyl sites for hydroxylation is 1. The minimum absolute atomic E-state index is 0.00778. The Kier molecular flexibility index (Phi) is 4.32. The van der Waals surface area contributed by atoms with Crippen LogP contribution in [-0.4, -0.2) is 30.3 Å². The molecule has 0 aliphatic carbocycles. The number of piperidine rings is 1. The summed E-state index contributed by atoms with van der Waals surface area (Å²) >= 11 is 0. The lowest BCUT2D eigenvalue weighted by Crippen LogP contribution is -2.44. The fourth-order valence-electron chi connectivity index (χ4n) is 2.35. The number of likely N-dealkylation sites (tertiary alicyclic amines) is 1. The molecule has 2 rings (SSSR count). The molecule has 0 saturated carbocycles. The number of rotatable bonds is 4. The molecule has 1 atom stereocenters. The van der Waals surface area contributed by atoms with E-state index in [4.69, 9.17) is 0 Å². The van der Waals surface area contributed by atoms with E-state index < -0.39 is 0 Å². The van der Waals surface area contributed by atoms with Gasteiger partial charge in [-0.25, -0.2) is 0 Å². The standard InChI is InChI=1S/C15H20N2O2/c1-11-6-8-12(9-7-11)13(16-2)10-17-14(18)4-3-5-15(17)19/h6-9,13,16H,3-5,10H2,1-2H3. The summed E-state index contributed by atoms with van der Waals surface area (Å²) in [5.74, 6) is -0.104. The van der Waals surface area contributed by atoms with E-state index in [9.17, 15) is 9.59 Å². The van der Waals surface area contributed by atoms with Gasteiger partial charge in [-0.15, -0.1) is 0 Å². The van der Waals surface area contributed by atoms with Crippen LogP contribution in [-0.2, 0) is 9.59 Å². The maximum atomic E-state index is 11.8. The van der Waals surface area contributed by atoms with E-state index in [1.165, 1.54) is 10.5 Å². The zero-order chi connectivity index (χ0) is 13.8. The molecular formula is C15H20N2O2. The molecule has 0 radical (unpaired) electrons. The zero-order valence-corrected chi connectivity index (χ0v) is 11.5. The van der Waals surface area contributed by atoms with Crippen LogP contribution < -0.4 is 5.32 Å². The van der Waals surface area contributed by atoms with Gasteiger partial charge in [0.05, 0.1) is 6.04 Å². The lowest BCUT2D eigenvalue weighted by atomic mass is 10.0. The summed E-state index contributed by atoms with van der Waals surface area (Å²) in [5.41, 5.74) is 2.29. The average Bonchev–Trinajstić information content (AvgIpc) is 2.40. The van der Waals surface area contributed by atoms with Gasteiger partial charge in [0, 0.05) is 19.4 Å². The number of hydrogen-bond donors (Lipinski definition) is 1. The van der Waals surface area contributed by atoms with Crippen molar-refractivity contribution in [3.8, 4) is 0 Å². The monoisotopic (exact) mass is 260 g/mol. The summed E-state index contributed by atoms with van der Waals surface area (Å²) in [6, 6.07) is 8.15. The summed E-state index contributed by atoms with van der Waals surface area (Å²) in [6.07, 6.45) is 1.65. The molecule has 1 unspecified atom stereocenters. The highest BCUT2D eigenvalue weighted by atomic mass is 16.2. The number of carbonyl (C=O) groups excluding carboxylic acids is 2. The molecule has 1 N–H and O–H groups in total. The van der Waals surface area contributed by atoms with Crippen LogP contribution >= 0.6 is 0 Å². The Hall–Kier alpha value is -1.68. The molecule has 1 aliphatic rings. The molecule has 1 heterocycles. The van der Waals surface area contributed by atoms with Crippen molar-refractivity contribution in [1.82, 2.24) is 10.2 Å². The van der Waals surface area contributed by atoms with Crippen LogP contribution in [0.25, 0.3) is 0 Å². The van der Waals surface area contributed by atoms with Crippen molar-refractivity contribution in [2.24, 2.45) is 0 Å². The SMILES string of the molecule is CNC(CN1C(=O)CCCC1=O)c1ccc(C)cc1. The van der Waals surface area contributed by atoms with Crippen LogP contribution in [0.15, 0.2) is 24.3 Å². The second-order valence-electron chi connectivity index (χ2n) is 5.00. The maximum Gasteiger partial charge on any atom is 0.229 e. The van der Waals surface area contributed by atoms with Crippen molar-refractivity contribution in [3.05, 3.63) is 35.4 Å². The van der Waals surface area contributed by atoms with E-state index >= 15 is 0 Å². The second kappa shape index (κ2) is 5.97. The predicted octanol–water partition coefficient (Wildman–Crippen LogP) is 1.79. The number of hydrogen-bond acceptors (Lipinski definition) is 3. The lowest BCUT2D eigenvalue weighted by molar-refractivity contribution is -0.148. The zero-order valence-electron chi connectivity index (χ0n) is 11.5. The largest absolute Gasteiger partial charge is 0.312 e. The average molecular weight is 260 g/mol. The molecule has 1 saturated heterocycles. The first-order valence-corrected chi connectivity index (χ1v) is 6.69. The van der Waals surface area contributed by atoms with Crippen molar-refractivity contribution < 1.29 is 9.59 Å². The van der Waals surface area contributed by atoms with Crippen molar-refractivity contribution >= 4 is 11.8 Å². The number of benzene rings is 1. The van der Waals surface area contributed by atoms with Gasteiger partial charge in [-0.05, 0) is 26.0 Å². The number of nitrogens with one attached hydrogen (secondary N) is 1. The van der Waals surface area contributed by atoms with Crippen LogP contribution in [0.1, 0.15) is 36.4 Å². The van der Waals surface area contributed by atoms with E-state index in [0.29, 0.717) is 25.8 Å². The van der Waals surface area contributed by atoms with Crippen molar-refractivity contribution in [1.29, 1.82) is 0 Å². The summed E-state index contributed by atoms with van der Waals surface area (Å²) in [7, 11) is 1.85. The van der Waals surface area contributed by atoms with Crippen LogP contribution in [0, 0.1) is 6.92 Å². The normalized spacial score (nSPS) is 17.7. The highest BCUT2D eigenvalue weighted by Gasteiger charge is 2.28. The van der Waals surface area contributed by atoms with Crippen LogP contribution in [0.2, 0.25) is 0 Å². The molecule has 1 aromatic rings. The molecule has 19 heavy (non-hydrogen) atoms. The van der Waals surface area contributed by atoms with Gasteiger partial charge in [-0.3, -0.25) is 14.5 Å². The van der Waals surface area contributed by atoms with Gasteiger partial charge in [-0.1, -0.05) is 29.8 Å². The fourth-order valence-corrected chi connectivity index (χ4v) is 2.35. The van der Waals surface area contributed by atoms with Gasteiger partial charge in [0.2, 0.25) is 11.8 Å². The Morgan fingerprint density at radius 3 is 2.26 bits per heavy atom. The topological polar surface area (TPSA) is 49.4 Å². The Bertz CT molecular complexity index is 452. The molecular weight excluding hydrogens is 240 g/mol. The quantitative estimate of drug-likeness (QED) is 0.840. The Balaban J connectivity index is 2.12. The lowest BCUT2D eigenvalue weighted by Gasteiger charge is -2.29. The Morgan fingerprint density at radius 1 is 1.16 bits per heavy atom. The highest BCUT2D eigenvalue weighted by Crippen LogP contribution is 2.19. The molecule has 4 nitrogen and oxygen atoms in total. The predicted molar refractivity (Wildman–Crippen MR) is 73.6 cm³/mol. The van der Waals surface area contributed by atoms with E-state index in [-0.39, 0.29) is 17.9 Å². The first kappa shape index (κ1) is 13.7. The molecule has 0 spiro atoms. The van der Waals surface area contributed by atoms with Crippen molar-refractivity contribution in [3.63, 3.8) is 0 Å². The first-order chi connectivity index (χ1) is 9.11. The number of imide groups is 1. The molecule has 102 valence electrons. The minimum Gasteiger partial charge on any atom is -0.312 e. The minimum atomic E-state index is -0.0522. The van der Waals surface area contributed by atoms with Gasteiger partial charge >= 0.3 is 0 Å². The summed E-state index contributed by atoms with van der Waals surface area (Å²) in [4.78, 5) is 25.0. The summed E-state index contributed by atoms with van der Waals surface area (Å²) < 4.78 is 0. The smallest absolute Gasteiger partial charge is 0.229 e. The van der Waals surface area contributed by atoms with Crippen molar-refractivity contribution in [2.75, 3.05) is 13.6 Å². The van der Waals surface area contributed by atoms with Crippen LogP contribution in [0.5, 0.6) is 0 Å². The molecule has 2 amide bonds. The molecule has 4 heteroatoms. The first-order valence-electron chi connectivity index (χ1n) is 6.69. The number of likely N-dealkylation sites (N-methyl/N-ethyl adjacent to an activating group) is 1. The van der Waals surface area contributed by atoms with Gasteiger partial charge < -0.3 is 5.32 Å². The van der Waals surface area contributed by atoms with Gasteiger partial charge in [-0.2, -0.15) is 0 Å². The summed E-state index contributed by atoms with van der Waals surface area (Å²) in [6.45, 7) is 2.45. The molecule has 1 fully saturated rings. The third-order valence-corrected chi connectivity index (χ3v) is 3.58. The molecule has 0 bridgehead atoms. The number of amides is 2. The van der Waals surface area contributed by atoms with E-state index in [1.807, 2.05) is 38.2 Å². The summed E-state index contributed by atoms with van der Waals surface area (Å²) in [5, 5.41) is 3.18. The van der Waals surface area contributed by atoms with Crippen LogP contribution in [0.4, 0.5) is 0 Å². The van der Waals surface area contributed by atoms with Gasteiger partial charge in [0.1, 0.15) is 0 Å². The third-order valence-electron chi connectivity index (χ3n) is 3.58. The van der Waals surface area contributed by atoms with Crippen molar-refractivity contribution in [2.45, 2.75) is 32.2 Å². The van der Waals surface area contributed by atoms with E-state index in [1.54, 1.807) is 0 Å². The maximum absolute atomic E-state index is 11.8.